The van der Waals surface area contributed by atoms with Crippen molar-refractivity contribution in [2.75, 3.05) is 14.2 Å². The maximum absolute atomic E-state index is 9.26. The van der Waals surface area contributed by atoms with Crippen LogP contribution in [0, 0.1) is 13.1 Å². The topological polar surface area (TPSA) is 58.4 Å². The van der Waals surface area contributed by atoms with Gasteiger partial charge in [0.1, 0.15) is 11.5 Å². The lowest BCUT2D eigenvalue weighted by atomic mass is 10.1. The molecule has 0 spiro atoms. The number of phenols is 2. The monoisotopic (exact) mass is 334 g/mol. The molecular weight excluding hydrogens is 316 g/mol. The standard InChI is InChI=1S/C18H12N2O2.C2H6O/c1-19-17(11-13-3-7-15(21)8-4-13)18(20-2)12-14-5-9-16(22)10-6-14;1-3-2/h3-12,21-22H;1-2H3/b17-11-,18-12-;. The van der Waals surface area contributed by atoms with Crippen molar-refractivity contribution < 1.29 is 14.9 Å². The van der Waals surface area contributed by atoms with Crippen molar-refractivity contribution in [2.24, 2.45) is 0 Å². The van der Waals surface area contributed by atoms with Crippen LogP contribution in [0.25, 0.3) is 21.8 Å². The highest BCUT2D eigenvalue weighted by atomic mass is 16.4. The molecule has 2 aromatic carbocycles. The average molecular weight is 334 g/mol. The van der Waals surface area contributed by atoms with Gasteiger partial charge in [-0.15, -0.1) is 0 Å². The first-order valence-electron chi connectivity index (χ1n) is 7.21. The highest BCUT2D eigenvalue weighted by Crippen LogP contribution is 2.22. The van der Waals surface area contributed by atoms with Gasteiger partial charge < -0.3 is 14.9 Å². The van der Waals surface area contributed by atoms with Crippen LogP contribution >= 0.6 is 0 Å². The molecule has 126 valence electrons. The molecule has 0 saturated carbocycles. The second-order valence-corrected chi connectivity index (χ2v) is 4.87. The molecule has 25 heavy (non-hydrogen) atoms. The lowest BCUT2D eigenvalue weighted by molar-refractivity contribution is 0.277. The molecule has 5 nitrogen and oxygen atoms in total. The fraction of sp³-hybridized carbons (Fsp3) is 0.100. The van der Waals surface area contributed by atoms with Crippen LogP contribution in [-0.4, -0.2) is 24.4 Å². The average Bonchev–Trinajstić information content (AvgIpc) is 2.62. The number of ether oxygens (including phenoxy) is 1. The number of aromatic hydroxyl groups is 2. The van der Waals surface area contributed by atoms with Gasteiger partial charge in [0.05, 0.1) is 13.1 Å². The van der Waals surface area contributed by atoms with Gasteiger partial charge in [-0.3, -0.25) is 9.69 Å². The molecule has 0 aliphatic rings. The molecular formula is C20H18N2O3. The molecule has 5 heteroatoms. The third-order valence-corrected chi connectivity index (χ3v) is 2.90. The zero-order chi connectivity index (χ0) is 18.7. The maximum atomic E-state index is 9.26. The van der Waals surface area contributed by atoms with Gasteiger partial charge in [-0.05, 0) is 35.4 Å². The van der Waals surface area contributed by atoms with E-state index in [1.54, 1.807) is 50.6 Å². The first-order valence-corrected chi connectivity index (χ1v) is 7.21. The number of methoxy groups -OCH3 is 1. The van der Waals surface area contributed by atoms with E-state index in [0.29, 0.717) is 0 Å². The van der Waals surface area contributed by atoms with E-state index in [-0.39, 0.29) is 22.9 Å². The van der Waals surface area contributed by atoms with Crippen molar-refractivity contribution in [2.45, 2.75) is 0 Å². The van der Waals surface area contributed by atoms with Crippen LogP contribution in [0.3, 0.4) is 0 Å². The number of rotatable bonds is 3. The van der Waals surface area contributed by atoms with Gasteiger partial charge in [-0.2, -0.15) is 0 Å². The van der Waals surface area contributed by atoms with Gasteiger partial charge in [-0.1, -0.05) is 36.4 Å². The Morgan fingerprint density at radius 2 is 1.04 bits per heavy atom. The number of nitrogens with zero attached hydrogens (tertiary/aromatic N) is 2. The fourth-order valence-electron chi connectivity index (χ4n) is 1.78. The number of phenolic OH excluding ortho intramolecular Hbond substituents is 2. The zero-order valence-electron chi connectivity index (χ0n) is 14.0. The Morgan fingerprint density at radius 1 is 0.760 bits per heavy atom. The van der Waals surface area contributed by atoms with E-state index in [0.717, 1.165) is 11.1 Å². The van der Waals surface area contributed by atoms with Crippen LogP contribution < -0.4 is 0 Å². The van der Waals surface area contributed by atoms with Crippen LogP contribution in [0.1, 0.15) is 11.1 Å². The van der Waals surface area contributed by atoms with Crippen LogP contribution in [0.5, 0.6) is 11.5 Å². The van der Waals surface area contributed by atoms with Crippen molar-refractivity contribution in [3.63, 3.8) is 0 Å². The van der Waals surface area contributed by atoms with Crippen LogP contribution in [0.2, 0.25) is 0 Å². The van der Waals surface area contributed by atoms with Crippen molar-refractivity contribution in [3.05, 3.63) is 93.9 Å². The Kier molecular flexibility index (Phi) is 8.02. The van der Waals surface area contributed by atoms with E-state index in [1.807, 2.05) is 0 Å². The molecule has 0 fully saturated rings. The van der Waals surface area contributed by atoms with E-state index < -0.39 is 0 Å². The third-order valence-electron chi connectivity index (χ3n) is 2.90. The number of hydrogen-bond acceptors (Lipinski definition) is 3. The Balaban J connectivity index is 0.000000970. The fourth-order valence-corrected chi connectivity index (χ4v) is 1.78. The smallest absolute Gasteiger partial charge is 0.195 e. The van der Waals surface area contributed by atoms with E-state index in [4.69, 9.17) is 13.1 Å². The Bertz CT molecular complexity index is 750. The van der Waals surface area contributed by atoms with Gasteiger partial charge in [-0.25, -0.2) is 0 Å². The molecule has 0 radical (unpaired) electrons. The van der Waals surface area contributed by atoms with E-state index in [9.17, 15) is 10.2 Å². The Labute approximate surface area is 147 Å². The summed E-state index contributed by atoms with van der Waals surface area (Å²) in [7, 11) is 3.25. The van der Waals surface area contributed by atoms with Crippen LogP contribution in [0.4, 0.5) is 0 Å². The lowest BCUT2D eigenvalue weighted by Gasteiger charge is -2.00. The van der Waals surface area contributed by atoms with Gasteiger partial charge >= 0.3 is 0 Å². The summed E-state index contributed by atoms with van der Waals surface area (Å²) in [6.07, 6.45) is 3.19. The summed E-state index contributed by atoms with van der Waals surface area (Å²) in [4.78, 5) is 6.82. The first-order chi connectivity index (χ1) is 12.0. The van der Waals surface area contributed by atoms with Crippen LogP contribution in [-0.2, 0) is 4.74 Å². The SMILES string of the molecule is COC.[C-]#[N+]C(=C\c1ccc(O)cc1)/C(=C/c1ccc(O)cc1)[N+]#[C-]. The molecule has 0 heterocycles. The molecule has 2 N–H and O–H groups in total. The molecule has 0 bridgehead atoms. The molecule has 0 aromatic heterocycles. The lowest BCUT2D eigenvalue weighted by Crippen LogP contribution is -1.82. The summed E-state index contributed by atoms with van der Waals surface area (Å²) >= 11 is 0. The molecule has 2 rings (SSSR count). The molecule has 0 atom stereocenters. The molecule has 0 saturated heterocycles. The second kappa shape index (κ2) is 10.3. The molecule has 0 aliphatic carbocycles. The zero-order valence-corrected chi connectivity index (χ0v) is 14.0. The second-order valence-electron chi connectivity index (χ2n) is 4.87. The minimum Gasteiger partial charge on any atom is -0.508 e. The summed E-state index contributed by atoms with van der Waals surface area (Å²) in [6.45, 7) is 14.5. The van der Waals surface area contributed by atoms with Gasteiger partial charge in [0.2, 0.25) is 0 Å². The van der Waals surface area contributed by atoms with E-state index in [2.05, 4.69) is 14.4 Å². The normalized spacial score (nSPS) is 10.9. The maximum Gasteiger partial charge on any atom is 0.195 e. The summed E-state index contributed by atoms with van der Waals surface area (Å²) in [5.74, 6) is 0.290. The van der Waals surface area contributed by atoms with Crippen molar-refractivity contribution in [3.8, 4) is 11.5 Å². The van der Waals surface area contributed by atoms with Crippen molar-refractivity contribution in [1.29, 1.82) is 0 Å². The van der Waals surface area contributed by atoms with Crippen molar-refractivity contribution in [1.82, 2.24) is 0 Å². The highest BCUT2D eigenvalue weighted by Gasteiger charge is 2.06. The molecule has 0 unspecified atom stereocenters. The third kappa shape index (κ3) is 6.62. The summed E-state index contributed by atoms with van der Waals surface area (Å²) in [5, 5.41) is 18.5. The van der Waals surface area contributed by atoms with Gasteiger partial charge in [0.25, 0.3) is 0 Å². The molecule has 2 aromatic rings. The van der Waals surface area contributed by atoms with E-state index in [1.165, 1.54) is 24.3 Å². The molecule has 0 aliphatic heterocycles. The summed E-state index contributed by atoms with van der Waals surface area (Å²) in [5.41, 5.74) is 1.88. The first kappa shape index (κ1) is 19.5. The van der Waals surface area contributed by atoms with E-state index >= 15 is 0 Å². The Hall–Kier alpha value is -3.54. The summed E-state index contributed by atoms with van der Waals surface area (Å²) < 4.78 is 4.25. The minimum atomic E-state index is 0.145. The number of benzene rings is 2. The number of hydrogen-bond donors (Lipinski definition) is 2. The van der Waals surface area contributed by atoms with Crippen LogP contribution in [0.15, 0.2) is 59.9 Å². The van der Waals surface area contributed by atoms with Crippen molar-refractivity contribution >= 4 is 12.2 Å². The predicted molar refractivity (Wildman–Crippen MR) is 98.3 cm³/mol. The highest BCUT2D eigenvalue weighted by molar-refractivity contribution is 5.69. The largest absolute Gasteiger partial charge is 0.508 e. The minimum absolute atomic E-state index is 0.145. The predicted octanol–water partition coefficient (Wildman–Crippen LogP) is 4.58. The quantitative estimate of drug-likeness (QED) is 0.638. The van der Waals surface area contributed by atoms with Gasteiger partial charge in [0, 0.05) is 14.2 Å². The van der Waals surface area contributed by atoms with Gasteiger partial charge in [0.15, 0.2) is 11.4 Å². The molecule has 0 amide bonds. The summed E-state index contributed by atoms with van der Waals surface area (Å²) in [6, 6.07) is 12.8. The Morgan fingerprint density at radius 3 is 1.28 bits per heavy atom.